The predicted molar refractivity (Wildman–Crippen MR) is 34.0 cm³/mol. The zero-order chi connectivity index (χ0) is 3.41. The summed E-state index contributed by atoms with van der Waals surface area (Å²) in [7, 11) is 0. The second kappa shape index (κ2) is 58.1. The minimum absolute atomic E-state index is 0. The number of rotatable bonds is 1. The first kappa shape index (κ1) is 54.9. The fraction of sp³-hybridized carbons (Fsp3) is 1.00. The number of hydrogen-bond acceptors (Lipinski definition) is 0. The first-order chi connectivity index (χ1) is 1.91. The van der Waals surface area contributed by atoms with Gasteiger partial charge in [0.05, 0.1) is 0 Å². The molecule has 0 aromatic carbocycles. The molecule has 0 atom stereocenters. The van der Waals surface area contributed by atoms with Gasteiger partial charge in [0.1, 0.15) is 0 Å². The Kier molecular flexibility index (Phi) is 290. The van der Waals surface area contributed by atoms with Crippen LogP contribution in [0, 0.1) is 31.1 Å². The second-order valence-corrected chi connectivity index (χ2v) is 1.000. The molecular formula is C6H18UY4. The predicted octanol–water partition coefficient (Wildman–Crippen LogP) is 3.07. The Morgan fingerprint density at radius 1 is 0.636 bits per heavy atom. The molecule has 0 unspecified atom stereocenters. The molecule has 0 nitrogen and oxygen atoms in total. The van der Waals surface area contributed by atoms with Gasteiger partial charge in [-0.05, 0) is 0 Å². The fourth-order valence-electron chi connectivity index (χ4n) is 0. The smallest absolute Gasteiger partial charge is 0 e. The number of unbranched alkanes of at least 4 members (excludes halogenated alkanes) is 1. The van der Waals surface area contributed by atoms with Crippen LogP contribution in [0.25, 0.3) is 0 Å². The molecule has 0 heterocycles. The minimum Gasteiger partial charge on any atom is -0.0776 e. The summed E-state index contributed by atoms with van der Waals surface area (Å²) in [6, 6.07) is 0. The normalized spacial score (nSPS) is 2.73. The van der Waals surface area contributed by atoms with E-state index in [1.807, 2.05) is 0 Å². The Hall–Kier alpha value is 5.47. The molecule has 0 aromatic rings. The first-order valence-electron chi connectivity index (χ1n) is 1.91. The Morgan fingerprint density at radius 3 is 0.727 bits per heavy atom. The summed E-state index contributed by atoms with van der Waals surface area (Å²) in [5, 5.41) is 0. The van der Waals surface area contributed by atoms with Crippen LogP contribution in [-0.2, 0) is 131 Å². The SMILES string of the molecule is C.C.CCCC.[U].[Y].[Y].[Y].[Y]. The molecule has 0 amide bonds. The van der Waals surface area contributed by atoms with E-state index in [9.17, 15) is 0 Å². The van der Waals surface area contributed by atoms with E-state index < -0.39 is 0 Å². The van der Waals surface area contributed by atoms with Crippen molar-refractivity contribution in [3.63, 3.8) is 0 Å². The Bertz CT molecular complexity index is 16.5. The maximum Gasteiger partial charge on any atom is 0 e. The largest absolute Gasteiger partial charge is 0.0776 e. The Morgan fingerprint density at radius 2 is 0.727 bits per heavy atom. The third kappa shape index (κ3) is 67.1. The molecule has 0 aliphatic heterocycles. The monoisotopic (exact) mass is 684 g/mol. The summed E-state index contributed by atoms with van der Waals surface area (Å²) in [5.41, 5.74) is 0. The van der Waals surface area contributed by atoms with Gasteiger partial charge in [-0.15, -0.1) is 0 Å². The van der Waals surface area contributed by atoms with Gasteiger partial charge >= 0.3 is 0 Å². The van der Waals surface area contributed by atoms with Crippen molar-refractivity contribution in [2.75, 3.05) is 0 Å². The van der Waals surface area contributed by atoms with E-state index in [4.69, 9.17) is 0 Å². The van der Waals surface area contributed by atoms with Crippen molar-refractivity contribution < 1.29 is 162 Å². The van der Waals surface area contributed by atoms with Gasteiger partial charge in [-0.25, -0.2) is 0 Å². The van der Waals surface area contributed by atoms with Crippen molar-refractivity contribution in [3.05, 3.63) is 0 Å². The summed E-state index contributed by atoms with van der Waals surface area (Å²) in [5.74, 6) is 0. The van der Waals surface area contributed by atoms with Gasteiger partial charge in [0.25, 0.3) is 0 Å². The van der Waals surface area contributed by atoms with Crippen molar-refractivity contribution in [1.82, 2.24) is 0 Å². The third-order valence-electron chi connectivity index (χ3n) is 0.500. The van der Waals surface area contributed by atoms with Crippen molar-refractivity contribution >= 4 is 0 Å². The zero-order valence-corrected chi connectivity index (χ0v) is 21.7. The van der Waals surface area contributed by atoms with Gasteiger partial charge in [0.2, 0.25) is 0 Å². The maximum absolute atomic E-state index is 2.18. The van der Waals surface area contributed by atoms with Crippen molar-refractivity contribution in [3.8, 4) is 0 Å². The van der Waals surface area contributed by atoms with E-state index in [1.54, 1.807) is 0 Å². The zero-order valence-electron chi connectivity index (χ0n) is 6.22. The van der Waals surface area contributed by atoms with E-state index in [1.165, 1.54) is 12.8 Å². The second-order valence-electron chi connectivity index (χ2n) is 1.000. The van der Waals surface area contributed by atoms with Crippen LogP contribution in [0.1, 0.15) is 41.5 Å². The molecule has 0 saturated heterocycles. The van der Waals surface area contributed by atoms with Crippen molar-refractivity contribution in [2.45, 2.75) is 41.5 Å². The molecule has 4 radical (unpaired) electrons. The van der Waals surface area contributed by atoms with Gasteiger partial charge in [-0.2, -0.15) is 0 Å². The van der Waals surface area contributed by atoms with Crippen LogP contribution in [0.3, 0.4) is 0 Å². The molecule has 0 aromatic heterocycles. The van der Waals surface area contributed by atoms with Gasteiger partial charge in [0, 0.05) is 162 Å². The van der Waals surface area contributed by atoms with Crippen LogP contribution in [0.4, 0.5) is 0 Å². The average Bonchev–Trinajstić information content (AvgIpc) is 1.37. The van der Waals surface area contributed by atoms with Crippen LogP contribution in [0.15, 0.2) is 0 Å². The molecule has 0 bridgehead atoms. The van der Waals surface area contributed by atoms with Gasteiger partial charge < -0.3 is 0 Å². The third-order valence-corrected chi connectivity index (χ3v) is 0.500. The Labute approximate surface area is 198 Å². The summed E-state index contributed by atoms with van der Waals surface area (Å²) in [6.45, 7) is 4.36. The molecule has 11 heavy (non-hydrogen) atoms. The first-order valence-corrected chi connectivity index (χ1v) is 1.91. The standard InChI is InChI=1S/C4H10.2CH4.U.4Y/c1-3-4-2;;;;;;;/h3-4H2,1-2H3;2*1H4;;;;;. The van der Waals surface area contributed by atoms with E-state index in [0.717, 1.165) is 0 Å². The summed E-state index contributed by atoms with van der Waals surface area (Å²) >= 11 is 0. The van der Waals surface area contributed by atoms with E-state index >= 15 is 0 Å². The molecule has 0 fully saturated rings. The van der Waals surface area contributed by atoms with Gasteiger partial charge in [-0.1, -0.05) is 41.5 Å². The van der Waals surface area contributed by atoms with E-state index in [0.29, 0.717) is 0 Å². The van der Waals surface area contributed by atoms with Gasteiger partial charge in [-0.3, -0.25) is 0 Å². The molecule has 0 aliphatic rings. The Balaban J connectivity index is -0.00000000214. The average molecular weight is 684 g/mol. The maximum atomic E-state index is 2.18. The minimum atomic E-state index is 0. The molecule has 58 valence electrons. The molecule has 5 heteroatoms. The van der Waals surface area contributed by atoms with Crippen LogP contribution in [0.5, 0.6) is 0 Å². The molecule has 0 N–H and O–H groups in total. The molecule has 0 saturated carbocycles. The fourth-order valence-corrected chi connectivity index (χ4v) is 0. The quantitative estimate of drug-likeness (QED) is 0.399. The topological polar surface area (TPSA) is 0 Å². The van der Waals surface area contributed by atoms with Crippen LogP contribution in [-0.4, -0.2) is 0 Å². The summed E-state index contributed by atoms with van der Waals surface area (Å²) < 4.78 is 0. The van der Waals surface area contributed by atoms with Gasteiger partial charge in [0.15, 0.2) is 0 Å². The van der Waals surface area contributed by atoms with Crippen molar-refractivity contribution in [1.29, 1.82) is 0 Å². The molecule has 0 rings (SSSR count). The van der Waals surface area contributed by atoms with Crippen LogP contribution < -0.4 is 0 Å². The summed E-state index contributed by atoms with van der Waals surface area (Å²) in [6.07, 6.45) is 2.64. The molecular weight excluding hydrogens is 666 g/mol. The molecule has 0 aliphatic carbocycles. The number of hydrogen-bond donors (Lipinski definition) is 0. The van der Waals surface area contributed by atoms with Crippen LogP contribution >= 0.6 is 0 Å². The van der Waals surface area contributed by atoms with E-state index in [-0.39, 0.29) is 177 Å². The van der Waals surface area contributed by atoms with E-state index in [2.05, 4.69) is 13.8 Å². The van der Waals surface area contributed by atoms with Crippen molar-refractivity contribution in [2.24, 2.45) is 0 Å². The van der Waals surface area contributed by atoms with Crippen LogP contribution in [0.2, 0.25) is 0 Å². The summed E-state index contributed by atoms with van der Waals surface area (Å²) in [4.78, 5) is 0. The molecule has 0 spiro atoms.